The Kier molecular flexibility index (Phi) is 6.35. The normalized spacial score (nSPS) is 11.0. The smallest absolute Gasteiger partial charge is 0.251 e. The summed E-state index contributed by atoms with van der Waals surface area (Å²) >= 11 is 0. The number of hydrogen-bond donors (Lipinski definition) is 1. The summed E-state index contributed by atoms with van der Waals surface area (Å²) in [6.07, 6.45) is 4.08. The lowest BCUT2D eigenvalue weighted by atomic mass is 9.97. The van der Waals surface area contributed by atoms with Gasteiger partial charge < -0.3 is 10.3 Å². The number of benzene rings is 2. The van der Waals surface area contributed by atoms with Crippen molar-refractivity contribution in [2.45, 2.75) is 53.0 Å². The van der Waals surface area contributed by atoms with Crippen molar-refractivity contribution in [3.05, 3.63) is 82.7 Å². The fourth-order valence-corrected chi connectivity index (χ4v) is 3.92. The monoisotopic (exact) mass is 374 g/mol. The molecule has 146 valence electrons. The summed E-state index contributed by atoms with van der Waals surface area (Å²) in [5, 5.41) is 0. The Morgan fingerprint density at radius 1 is 0.964 bits per heavy atom. The first-order valence-electron chi connectivity index (χ1n) is 10.2. The lowest BCUT2D eigenvalue weighted by Crippen LogP contribution is -2.14. The van der Waals surface area contributed by atoms with Gasteiger partial charge in [0.2, 0.25) is 0 Å². The maximum absolute atomic E-state index is 12.4. The number of unbranched alkanes of at least 4 members (excludes halogenated alkanes) is 1. The standard InChI is InChI=1S/C25H30N2O/c1-4-5-11-22-24(21-14-12-18(2)13-15-21)23(25(26)28)19(3)27(22)17-16-20-9-7-6-8-10-20/h6-10,12-15H,4-5,11,16-17H2,1-3H3,(H2,26,28). The molecule has 0 fully saturated rings. The number of carbonyl (C=O) groups is 1. The number of primary amides is 1. The summed E-state index contributed by atoms with van der Waals surface area (Å²) in [6, 6.07) is 18.9. The van der Waals surface area contributed by atoms with E-state index in [-0.39, 0.29) is 5.91 Å². The van der Waals surface area contributed by atoms with Crippen LogP contribution in [0.15, 0.2) is 54.6 Å². The molecular formula is C25H30N2O. The van der Waals surface area contributed by atoms with Gasteiger partial charge in [-0.05, 0) is 44.2 Å². The molecule has 3 rings (SSSR count). The third-order valence-corrected chi connectivity index (χ3v) is 5.45. The van der Waals surface area contributed by atoms with Crippen LogP contribution in [0.25, 0.3) is 11.1 Å². The zero-order valence-electron chi connectivity index (χ0n) is 17.2. The molecule has 2 aromatic carbocycles. The van der Waals surface area contributed by atoms with E-state index in [2.05, 4.69) is 66.9 Å². The van der Waals surface area contributed by atoms with Crippen molar-refractivity contribution in [1.82, 2.24) is 4.57 Å². The summed E-state index contributed by atoms with van der Waals surface area (Å²) in [5.74, 6) is -0.343. The number of nitrogens with zero attached hydrogens (tertiary/aromatic N) is 1. The molecule has 0 unspecified atom stereocenters. The lowest BCUT2D eigenvalue weighted by Gasteiger charge is -2.13. The van der Waals surface area contributed by atoms with Crippen molar-refractivity contribution in [3.8, 4) is 11.1 Å². The topological polar surface area (TPSA) is 48.0 Å². The lowest BCUT2D eigenvalue weighted by molar-refractivity contribution is 0.1000. The van der Waals surface area contributed by atoms with E-state index in [0.717, 1.165) is 49.0 Å². The zero-order chi connectivity index (χ0) is 20.1. The largest absolute Gasteiger partial charge is 0.366 e. The maximum atomic E-state index is 12.4. The summed E-state index contributed by atoms with van der Waals surface area (Å²) in [5.41, 5.74) is 13.3. The number of nitrogens with two attached hydrogens (primary N) is 1. The van der Waals surface area contributed by atoms with Crippen LogP contribution in [-0.4, -0.2) is 10.5 Å². The minimum Gasteiger partial charge on any atom is -0.366 e. The van der Waals surface area contributed by atoms with Crippen LogP contribution in [0, 0.1) is 13.8 Å². The second-order valence-corrected chi connectivity index (χ2v) is 7.50. The molecule has 0 radical (unpaired) electrons. The first kappa shape index (κ1) is 19.9. The molecule has 0 saturated carbocycles. The fraction of sp³-hybridized carbons (Fsp3) is 0.320. The predicted octanol–water partition coefficient (Wildman–Crippen LogP) is 5.46. The van der Waals surface area contributed by atoms with Crippen molar-refractivity contribution in [3.63, 3.8) is 0 Å². The van der Waals surface area contributed by atoms with Gasteiger partial charge in [0, 0.05) is 23.5 Å². The summed E-state index contributed by atoms with van der Waals surface area (Å²) in [4.78, 5) is 12.4. The molecule has 1 amide bonds. The van der Waals surface area contributed by atoms with Crippen LogP contribution in [0.3, 0.4) is 0 Å². The van der Waals surface area contributed by atoms with Crippen LogP contribution in [0.5, 0.6) is 0 Å². The molecule has 1 aromatic heterocycles. The Labute approximate surface area is 168 Å². The van der Waals surface area contributed by atoms with Crippen LogP contribution in [0.4, 0.5) is 0 Å². The van der Waals surface area contributed by atoms with Gasteiger partial charge in [-0.2, -0.15) is 0 Å². The molecule has 0 aliphatic rings. The Morgan fingerprint density at radius 3 is 2.25 bits per heavy atom. The predicted molar refractivity (Wildman–Crippen MR) is 117 cm³/mol. The van der Waals surface area contributed by atoms with E-state index in [9.17, 15) is 4.79 Å². The molecule has 0 aliphatic carbocycles. The molecule has 28 heavy (non-hydrogen) atoms. The van der Waals surface area contributed by atoms with E-state index >= 15 is 0 Å². The third-order valence-electron chi connectivity index (χ3n) is 5.45. The summed E-state index contributed by atoms with van der Waals surface area (Å²) in [7, 11) is 0. The van der Waals surface area contributed by atoms with E-state index in [4.69, 9.17) is 5.73 Å². The van der Waals surface area contributed by atoms with Crippen LogP contribution >= 0.6 is 0 Å². The summed E-state index contributed by atoms with van der Waals surface area (Å²) < 4.78 is 2.32. The Bertz CT molecular complexity index is 937. The van der Waals surface area contributed by atoms with Crippen molar-refractivity contribution in [1.29, 1.82) is 0 Å². The number of aromatic nitrogens is 1. The zero-order valence-corrected chi connectivity index (χ0v) is 17.2. The van der Waals surface area contributed by atoms with Gasteiger partial charge in [0.15, 0.2) is 0 Å². The van der Waals surface area contributed by atoms with Crippen LogP contribution < -0.4 is 5.73 Å². The van der Waals surface area contributed by atoms with E-state index in [1.165, 1.54) is 16.8 Å². The SMILES string of the molecule is CCCCc1c(-c2ccc(C)cc2)c(C(N)=O)c(C)n1CCc1ccccc1. The molecule has 1 heterocycles. The first-order chi connectivity index (χ1) is 13.5. The van der Waals surface area contributed by atoms with E-state index < -0.39 is 0 Å². The van der Waals surface area contributed by atoms with Crippen molar-refractivity contribution in [2.24, 2.45) is 5.73 Å². The fourth-order valence-electron chi connectivity index (χ4n) is 3.92. The second kappa shape index (κ2) is 8.92. The van der Waals surface area contributed by atoms with Gasteiger partial charge in [-0.15, -0.1) is 0 Å². The molecule has 3 heteroatoms. The molecule has 2 N–H and O–H groups in total. The maximum Gasteiger partial charge on any atom is 0.251 e. The molecule has 0 aliphatic heterocycles. The van der Waals surface area contributed by atoms with Gasteiger partial charge in [0.1, 0.15) is 0 Å². The Hall–Kier alpha value is -2.81. The van der Waals surface area contributed by atoms with E-state index in [1.54, 1.807) is 0 Å². The van der Waals surface area contributed by atoms with Crippen LogP contribution in [0.1, 0.15) is 52.6 Å². The molecule has 0 spiro atoms. The highest BCUT2D eigenvalue weighted by Crippen LogP contribution is 2.34. The Balaban J connectivity index is 2.10. The van der Waals surface area contributed by atoms with Gasteiger partial charge in [0.05, 0.1) is 5.56 Å². The van der Waals surface area contributed by atoms with Gasteiger partial charge in [-0.3, -0.25) is 4.79 Å². The second-order valence-electron chi connectivity index (χ2n) is 7.50. The highest BCUT2D eigenvalue weighted by molar-refractivity contribution is 6.02. The average molecular weight is 375 g/mol. The number of aryl methyl sites for hydroxylation is 2. The molecule has 3 aromatic rings. The first-order valence-corrected chi connectivity index (χ1v) is 10.2. The van der Waals surface area contributed by atoms with E-state index in [0.29, 0.717) is 5.56 Å². The number of rotatable bonds is 8. The minimum atomic E-state index is -0.343. The van der Waals surface area contributed by atoms with Crippen molar-refractivity contribution >= 4 is 5.91 Å². The van der Waals surface area contributed by atoms with Gasteiger partial charge in [-0.1, -0.05) is 73.5 Å². The minimum absolute atomic E-state index is 0.343. The summed E-state index contributed by atoms with van der Waals surface area (Å²) in [6.45, 7) is 7.15. The van der Waals surface area contributed by atoms with Gasteiger partial charge in [0.25, 0.3) is 5.91 Å². The van der Waals surface area contributed by atoms with Crippen molar-refractivity contribution < 1.29 is 4.79 Å². The highest BCUT2D eigenvalue weighted by atomic mass is 16.1. The molecule has 0 saturated heterocycles. The molecule has 0 bridgehead atoms. The number of carbonyl (C=O) groups excluding carboxylic acids is 1. The van der Waals surface area contributed by atoms with E-state index in [1.807, 2.05) is 13.0 Å². The molecule has 3 nitrogen and oxygen atoms in total. The average Bonchev–Trinajstić information content (AvgIpc) is 2.97. The van der Waals surface area contributed by atoms with Gasteiger partial charge in [-0.25, -0.2) is 0 Å². The van der Waals surface area contributed by atoms with Crippen LogP contribution in [-0.2, 0) is 19.4 Å². The quantitative estimate of drug-likeness (QED) is 0.559. The van der Waals surface area contributed by atoms with Crippen molar-refractivity contribution in [2.75, 3.05) is 0 Å². The van der Waals surface area contributed by atoms with Crippen LogP contribution in [0.2, 0.25) is 0 Å². The molecular weight excluding hydrogens is 344 g/mol. The number of hydrogen-bond acceptors (Lipinski definition) is 1. The van der Waals surface area contributed by atoms with Gasteiger partial charge >= 0.3 is 0 Å². The molecule has 0 atom stereocenters. The third kappa shape index (κ3) is 4.19. The number of amides is 1. The Morgan fingerprint density at radius 2 is 1.64 bits per heavy atom. The highest BCUT2D eigenvalue weighted by Gasteiger charge is 2.24.